The third-order valence-corrected chi connectivity index (χ3v) is 3.08. The van der Waals surface area contributed by atoms with Crippen LogP contribution in [0.3, 0.4) is 0 Å². The molecule has 2 amide bonds. The van der Waals surface area contributed by atoms with Crippen molar-refractivity contribution in [3.8, 4) is 0 Å². The van der Waals surface area contributed by atoms with Gasteiger partial charge >= 0.3 is 12.2 Å². The third-order valence-electron chi connectivity index (χ3n) is 3.08. The van der Waals surface area contributed by atoms with Gasteiger partial charge in [-0.2, -0.15) is 13.2 Å². The molecular weight excluding hydrogens is 273 g/mol. The van der Waals surface area contributed by atoms with E-state index in [-0.39, 0.29) is 37.4 Å². The van der Waals surface area contributed by atoms with E-state index in [1.54, 1.807) is 0 Å². The topological polar surface area (TPSA) is 49.4 Å². The van der Waals surface area contributed by atoms with Crippen LogP contribution in [0.15, 0.2) is 24.3 Å². The lowest BCUT2D eigenvalue weighted by atomic mass is 10.1. The maximum atomic E-state index is 12.8. The molecule has 1 N–H and O–H groups in total. The largest absolute Gasteiger partial charge is 0.418 e. The zero-order valence-corrected chi connectivity index (χ0v) is 10.5. The predicted octanol–water partition coefficient (Wildman–Crippen LogP) is 2.90. The van der Waals surface area contributed by atoms with E-state index in [2.05, 4.69) is 5.32 Å². The molecule has 20 heavy (non-hydrogen) atoms. The highest BCUT2D eigenvalue weighted by Gasteiger charge is 2.34. The van der Waals surface area contributed by atoms with Crippen molar-refractivity contribution in [3.05, 3.63) is 29.8 Å². The van der Waals surface area contributed by atoms with Crippen molar-refractivity contribution >= 4 is 17.5 Å². The quantitative estimate of drug-likeness (QED) is 0.863. The minimum Gasteiger partial charge on any atom is -0.324 e. The summed E-state index contributed by atoms with van der Waals surface area (Å²) >= 11 is 0. The molecule has 1 saturated heterocycles. The lowest BCUT2D eigenvalue weighted by Crippen LogP contribution is -2.41. The van der Waals surface area contributed by atoms with Crippen LogP contribution < -0.4 is 5.32 Å². The number of piperidine rings is 1. The van der Waals surface area contributed by atoms with Gasteiger partial charge in [0.05, 0.1) is 11.3 Å². The van der Waals surface area contributed by atoms with Gasteiger partial charge in [0.15, 0.2) is 0 Å². The summed E-state index contributed by atoms with van der Waals surface area (Å²) in [6.45, 7) is 0.470. The van der Waals surface area contributed by atoms with Gasteiger partial charge in [-0.15, -0.1) is 0 Å². The summed E-state index contributed by atoms with van der Waals surface area (Å²) in [4.78, 5) is 24.3. The molecule has 0 aliphatic carbocycles. The lowest BCUT2D eigenvalue weighted by Gasteiger charge is -2.26. The van der Waals surface area contributed by atoms with Crippen LogP contribution in [-0.4, -0.2) is 29.8 Å². The molecule has 1 aliphatic heterocycles. The highest BCUT2D eigenvalue weighted by Crippen LogP contribution is 2.34. The molecule has 4 nitrogen and oxygen atoms in total. The van der Waals surface area contributed by atoms with Gasteiger partial charge in [0.2, 0.25) is 0 Å². The van der Waals surface area contributed by atoms with Gasteiger partial charge in [-0.3, -0.25) is 4.79 Å². The second-order valence-electron chi connectivity index (χ2n) is 4.50. The molecule has 7 heteroatoms. The van der Waals surface area contributed by atoms with Crippen molar-refractivity contribution in [2.75, 3.05) is 18.4 Å². The van der Waals surface area contributed by atoms with Gasteiger partial charge in [-0.1, -0.05) is 12.1 Å². The van der Waals surface area contributed by atoms with Crippen LogP contribution in [0.2, 0.25) is 0 Å². The fourth-order valence-corrected chi connectivity index (χ4v) is 1.99. The standard InChI is InChI=1S/C13H13F3N2O2/c14-13(15,16)10-3-1-2-4-11(10)17-12(20)18-7-5-9(19)6-8-18/h1-4H,5-8H2,(H,17,20). The van der Waals surface area contributed by atoms with Crippen molar-refractivity contribution in [3.63, 3.8) is 0 Å². The highest BCUT2D eigenvalue weighted by atomic mass is 19.4. The average Bonchev–Trinajstić information content (AvgIpc) is 2.38. The summed E-state index contributed by atoms with van der Waals surface area (Å²) in [6.07, 6.45) is -4.04. The smallest absolute Gasteiger partial charge is 0.324 e. The number of rotatable bonds is 1. The number of nitrogens with one attached hydrogen (secondary N) is 1. The second-order valence-corrected chi connectivity index (χ2v) is 4.50. The van der Waals surface area contributed by atoms with Crippen LogP contribution in [0, 0.1) is 0 Å². The number of hydrogen-bond donors (Lipinski definition) is 1. The number of carbonyl (C=O) groups is 2. The molecule has 1 aromatic carbocycles. The Balaban J connectivity index is 2.10. The van der Waals surface area contributed by atoms with Crippen LogP contribution in [0.1, 0.15) is 18.4 Å². The van der Waals surface area contributed by atoms with Crippen LogP contribution in [0.25, 0.3) is 0 Å². The Bertz CT molecular complexity index is 519. The van der Waals surface area contributed by atoms with E-state index in [1.807, 2.05) is 0 Å². The maximum absolute atomic E-state index is 12.8. The monoisotopic (exact) mass is 286 g/mol. The van der Waals surface area contributed by atoms with E-state index >= 15 is 0 Å². The summed E-state index contributed by atoms with van der Waals surface area (Å²) in [6, 6.07) is 4.18. The minimum absolute atomic E-state index is 0.0599. The molecule has 0 radical (unpaired) electrons. The number of carbonyl (C=O) groups excluding carboxylic acids is 2. The molecule has 0 atom stereocenters. The Kier molecular flexibility index (Phi) is 3.96. The number of urea groups is 1. The Labute approximate surface area is 113 Å². The van der Waals surface area contributed by atoms with Crippen molar-refractivity contribution in [1.82, 2.24) is 4.90 Å². The Morgan fingerprint density at radius 1 is 1.15 bits per heavy atom. The summed E-state index contributed by atoms with van der Waals surface area (Å²) in [5.41, 5.74) is -1.16. The number of halogens is 3. The van der Waals surface area contributed by atoms with E-state index in [4.69, 9.17) is 0 Å². The number of alkyl halides is 3. The summed E-state index contributed by atoms with van der Waals surface area (Å²) in [5.74, 6) is 0.0599. The first-order valence-corrected chi connectivity index (χ1v) is 6.12. The Hall–Kier alpha value is -2.05. The van der Waals surface area contributed by atoms with Gasteiger partial charge in [0, 0.05) is 25.9 Å². The molecule has 1 fully saturated rings. The fourth-order valence-electron chi connectivity index (χ4n) is 1.99. The third kappa shape index (κ3) is 3.28. The maximum Gasteiger partial charge on any atom is 0.418 e. The first-order valence-electron chi connectivity index (χ1n) is 6.12. The van der Waals surface area contributed by atoms with Crippen LogP contribution in [0.4, 0.5) is 23.7 Å². The predicted molar refractivity (Wildman–Crippen MR) is 66.3 cm³/mol. The number of hydrogen-bond acceptors (Lipinski definition) is 2. The first kappa shape index (κ1) is 14.4. The van der Waals surface area contributed by atoms with E-state index in [0.717, 1.165) is 6.07 Å². The zero-order chi connectivity index (χ0) is 14.8. The number of amides is 2. The lowest BCUT2D eigenvalue weighted by molar-refractivity contribution is -0.136. The Morgan fingerprint density at radius 3 is 2.35 bits per heavy atom. The first-order chi connectivity index (χ1) is 9.38. The van der Waals surface area contributed by atoms with Gasteiger partial charge in [0.1, 0.15) is 5.78 Å². The van der Waals surface area contributed by atoms with Crippen LogP contribution in [0.5, 0.6) is 0 Å². The van der Waals surface area contributed by atoms with Crippen molar-refractivity contribution in [2.45, 2.75) is 19.0 Å². The normalized spacial score (nSPS) is 16.1. The van der Waals surface area contributed by atoms with Gasteiger partial charge in [-0.25, -0.2) is 4.79 Å². The molecule has 0 spiro atoms. The number of para-hydroxylation sites is 1. The van der Waals surface area contributed by atoms with Crippen molar-refractivity contribution in [1.29, 1.82) is 0 Å². The van der Waals surface area contributed by atoms with Crippen LogP contribution in [-0.2, 0) is 11.0 Å². The van der Waals surface area contributed by atoms with E-state index in [1.165, 1.54) is 23.1 Å². The number of ketones is 1. The number of benzene rings is 1. The van der Waals surface area contributed by atoms with Crippen molar-refractivity contribution in [2.24, 2.45) is 0 Å². The highest BCUT2D eigenvalue weighted by molar-refractivity contribution is 5.91. The minimum atomic E-state index is -4.53. The SMILES string of the molecule is O=C1CCN(C(=O)Nc2ccccc2C(F)(F)F)CC1. The van der Waals surface area contributed by atoms with Gasteiger partial charge in [0.25, 0.3) is 0 Å². The number of anilines is 1. The molecule has 2 rings (SSSR count). The fraction of sp³-hybridized carbons (Fsp3) is 0.385. The number of nitrogens with zero attached hydrogens (tertiary/aromatic N) is 1. The Morgan fingerprint density at radius 2 is 1.75 bits per heavy atom. The second kappa shape index (κ2) is 5.52. The molecule has 1 heterocycles. The summed E-state index contributed by atoms with van der Waals surface area (Å²) < 4.78 is 38.3. The van der Waals surface area contributed by atoms with Crippen LogP contribution >= 0.6 is 0 Å². The molecule has 1 aliphatic rings. The average molecular weight is 286 g/mol. The zero-order valence-electron chi connectivity index (χ0n) is 10.5. The summed E-state index contributed by atoms with van der Waals surface area (Å²) in [5, 5.41) is 2.26. The molecule has 1 aromatic rings. The molecule has 0 unspecified atom stereocenters. The molecule has 0 aromatic heterocycles. The van der Waals surface area contributed by atoms with E-state index in [9.17, 15) is 22.8 Å². The molecule has 0 bridgehead atoms. The van der Waals surface area contributed by atoms with Crippen molar-refractivity contribution < 1.29 is 22.8 Å². The van der Waals surface area contributed by atoms with E-state index in [0.29, 0.717) is 0 Å². The molecule has 0 saturated carbocycles. The summed E-state index contributed by atoms with van der Waals surface area (Å²) in [7, 11) is 0. The number of Topliss-reactive ketones (excluding diaryl/α,β-unsaturated/α-hetero) is 1. The molecule has 108 valence electrons. The van der Waals surface area contributed by atoms with E-state index < -0.39 is 17.8 Å². The number of likely N-dealkylation sites (tertiary alicyclic amines) is 1. The molecular formula is C13H13F3N2O2. The van der Waals surface area contributed by atoms with Gasteiger partial charge in [-0.05, 0) is 12.1 Å². The van der Waals surface area contributed by atoms with Gasteiger partial charge < -0.3 is 10.2 Å².